The first kappa shape index (κ1) is 16.7. The molecule has 0 radical (unpaired) electrons. The van der Waals surface area contributed by atoms with Crippen molar-refractivity contribution < 1.29 is 14.8 Å². The SMILES string of the molecule is CCCC(=O)Nc1ccc(C(C(=O)NO)c2ccccc2)cc1. The highest BCUT2D eigenvalue weighted by atomic mass is 16.5. The summed E-state index contributed by atoms with van der Waals surface area (Å²) in [6.45, 7) is 1.95. The summed E-state index contributed by atoms with van der Waals surface area (Å²) in [5.41, 5.74) is 3.91. The Bertz CT molecular complexity index is 654. The minimum atomic E-state index is -0.610. The van der Waals surface area contributed by atoms with Crippen LogP contribution < -0.4 is 10.8 Å². The number of amides is 2. The van der Waals surface area contributed by atoms with Crippen LogP contribution in [0, 0.1) is 0 Å². The van der Waals surface area contributed by atoms with Crippen molar-refractivity contribution in [2.45, 2.75) is 25.7 Å². The summed E-state index contributed by atoms with van der Waals surface area (Å²) < 4.78 is 0. The maximum absolute atomic E-state index is 12.0. The lowest BCUT2D eigenvalue weighted by Crippen LogP contribution is -2.27. The molecule has 0 heterocycles. The molecule has 1 atom stereocenters. The van der Waals surface area contributed by atoms with Gasteiger partial charge in [-0.1, -0.05) is 49.4 Å². The van der Waals surface area contributed by atoms with Gasteiger partial charge in [0.1, 0.15) is 0 Å². The molecule has 23 heavy (non-hydrogen) atoms. The van der Waals surface area contributed by atoms with Crippen LogP contribution in [0.1, 0.15) is 36.8 Å². The molecule has 0 saturated carbocycles. The Morgan fingerprint density at radius 2 is 1.61 bits per heavy atom. The van der Waals surface area contributed by atoms with Gasteiger partial charge in [-0.15, -0.1) is 0 Å². The molecule has 0 spiro atoms. The van der Waals surface area contributed by atoms with Crippen molar-refractivity contribution in [1.29, 1.82) is 0 Å². The Morgan fingerprint density at radius 1 is 1.00 bits per heavy atom. The van der Waals surface area contributed by atoms with Crippen molar-refractivity contribution in [3.8, 4) is 0 Å². The van der Waals surface area contributed by atoms with Gasteiger partial charge < -0.3 is 5.32 Å². The highest BCUT2D eigenvalue weighted by molar-refractivity contribution is 5.91. The lowest BCUT2D eigenvalue weighted by atomic mass is 9.90. The molecule has 2 rings (SSSR count). The predicted octanol–water partition coefficient (Wildman–Crippen LogP) is 3.06. The van der Waals surface area contributed by atoms with Gasteiger partial charge in [-0.2, -0.15) is 0 Å². The molecule has 3 N–H and O–H groups in total. The molecular weight excluding hydrogens is 292 g/mol. The highest BCUT2D eigenvalue weighted by Crippen LogP contribution is 2.26. The van der Waals surface area contributed by atoms with Crippen LogP contribution in [0.15, 0.2) is 54.6 Å². The molecule has 0 aliphatic heterocycles. The zero-order valence-corrected chi connectivity index (χ0v) is 13.0. The quantitative estimate of drug-likeness (QED) is 0.566. The maximum atomic E-state index is 12.0. The number of carbonyl (C=O) groups is 2. The highest BCUT2D eigenvalue weighted by Gasteiger charge is 2.22. The van der Waals surface area contributed by atoms with E-state index in [-0.39, 0.29) is 5.91 Å². The van der Waals surface area contributed by atoms with Gasteiger partial charge in [-0.3, -0.25) is 14.8 Å². The lowest BCUT2D eigenvalue weighted by Gasteiger charge is -2.16. The summed E-state index contributed by atoms with van der Waals surface area (Å²) in [5.74, 6) is -1.14. The summed E-state index contributed by atoms with van der Waals surface area (Å²) in [6, 6.07) is 16.3. The molecule has 5 heteroatoms. The van der Waals surface area contributed by atoms with Gasteiger partial charge in [0.2, 0.25) is 5.91 Å². The van der Waals surface area contributed by atoms with Crippen molar-refractivity contribution in [2.24, 2.45) is 0 Å². The maximum Gasteiger partial charge on any atom is 0.255 e. The first-order chi connectivity index (χ1) is 11.2. The molecular formula is C18H20N2O3. The molecule has 2 aromatic carbocycles. The van der Waals surface area contributed by atoms with Crippen LogP contribution in [0.2, 0.25) is 0 Å². The molecule has 2 aromatic rings. The predicted molar refractivity (Wildman–Crippen MR) is 88.2 cm³/mol. The van der Waals surface area contributed by atoms with Gasteiger partial charge in [-0.05, 0) is 29.7 Å². The van der Waals surface area contributed by atoms with Crippen LogP contribution in [0.25, 0.3) is 0 Å². The second-order valence-corrected chi connectivity index (χ2v) is 5.24. The first-order valence-electron chi connectivity index (χ1n) is 7.54. The van der Waals surface area contributed by atoms with Crippen LogP contribution in [0.3, 0.4) is 0 Å². The Labute approximate surface area is 135 Å². The average Bonchev–Trinajstić information content (AvgIpc) is 2.57. The van der Waals surface area contributed by atoms with E-state index >= 15 is 0 Å². The van der Waals surface area contributed by atoms with E-state index in [9.17, 15) is 9.59 Å². The van der Waals surface area contributed by atoms with Crippen molar-refractivity contribution in [3.05, 3.63) is 65.7 Å². The van der Waals surface area contributed by atoms with E-state index < -0.39 is 11.8 Å². The number of nitrogens with one attached hydrogen (secondary N) is 2. The molecule has 5 nitrogen and oxygen atoms in total. The third-order valence-corrected chi connectivity index (χ3v) is 3.51. The Balaban J connectivity index is 2.23. The summed E-state index contributed by atoms with van der Waals surface area (Å²) in [5, 5.41) is 11.8. The van der Waals surface area contributed by atoms with E-state index in [0.29, 0.717) is 12.1 Å². The third-order valence-electron chi connectivity index (χ3n) is 3.51. The fourth-order valence-corrected chi connectivity index (χ4v) is 2.41. The van der Waals surface area contributed by atoms with E-state index in [1.807, 2.05) is 37.3 Å². The molecule has 0 bridgehead atoms. The number of hydrogen-bond acceptors (Lipinski definition) is 3. The summed E-state index contributed by atoms with van der Waals surface area (Å²) >= 11 is 0. The zero-order chi connectivity index (χ0) is 16.7. The molecule has 120 valence electrons. The van der Waals surface area contributed by atoms with E-state index in [0.717, 1.165) is 17.5 Å². The summed E-state index contributed by atoms with van der Waals surface area (Å²) in [6.07, 6.45) is 1.26. The molecule has 0 fully saturated rings. The monoisotopic (exact) mass is 312 g/mol. The smallest absolute Gasteiger partial charge is 0.255 e. The number of carbonyl (C=O) groups excluding carboxylic acids is 2. The van der Waals surface area contributed by atoms with Gasteiger partial charge in [0.25, 0.3) is 5.91 Å². The number of rotatable bonds is 6. The van der Waals surface area contributed by atoms with Crippen LogP contribution in [-0.4, -0.2) is 17.0 Å². The second-order valence-electron chi connectivity index (χ2n) is 5.24. The third kappa shape index (κ3) is 4.40. The minimum Gasteiger partial charge on any atom is -0.326 e. The van der Waals surface area contributed by atoms with Gasteiger partial charge in [0, 0.05) is 12.1 Å². The fourth-order valence-electron chi connectivity index (χ4n) is 2.41. The molecule has 0 aliphatic carbocycles. The molecule has 1 unspecified atom stereocenters. The van der Waals surface area contributed by atoms with Gasteiger partial charge in [0.05, 0.1) is 5.92 Å². The van der Waals surface area contributed by atoms with E-state index in [1.54, 1.807) is 29.7 Å². The van der Waals surface area contributed by atoms with Crippen molar-refractivity contribution >= 4 is 17.5 Å². The first-order valence-corrected chi connectivity index (χ1v) is 7.54. The largest absolute Gasteiger partial charge is 0.326 e. The second kappa shape index (κ2) is 8.10. The number of hydrogen-bond donors (Lipinski definition) is 3. The fraction of sp³-hybridized carbons (Fsp3) is 0.222. The normalized spacial score (nSPS) is 11.6. The Kier molecular flexibility index (Phi) is 5.88. The van der Waals surface area contributed by atoms with Crippen LogP contribution >= 0.6 is 0 Å². The molecule has 2 amide bonds. The van der Waals surface area contributed by atoms with Gasteiger partial charge >= 0.3 is 0 Å². The Hall–Kier alpha value is -2.66. The van der Waals surface area contributed by atoms with E-state index in [2.05, 4.69) is 5.32 Å². The van der Waals surface area contributed by atoms with Gasteiger partial charge in [-0.25, -0.2) is 5.48 Å². The van der Waals surface area contributed by atoms with Crippen LogP contribution in [0.4, 0.5) is 5.69 Å². The molecule has 0 aromatic heterocycles. The Morgan fingerprint density at radius 3 is 2.17 bits per heavy atom. The summed E-state index contributed by atoms with van der Waals surface area (Å²) in [7, 11) is 0. The van der Waals surface area contributed by atoms with E-state index in [4.69, 9.17) is 5.21 Å². The van der Waals surface area contributed by atoms with Crippen LogP contribution in [0.5, 0.6) is 0 Å². The average molecular weight is 312 g/mol. The minimum absolute atomic E-state index is 0.0343. The van der Waals surface area contributed by atoms with Crippen molar-refractivity contribution in [2.75, 3.05) is 5.32 Å². The summed E-state index contributed by atoms with van der Waals surface area (Å²) in [4.78, 5) is 23.6. The van der Waals surface area contributed by atoms with Crippen LogP contribution in [-0.2, 0) is 9.59 Å². The number of benzene rings is 2. The zero-order valence-electron chi connectivity index (χ0n) is 13.0. The standard InChI is InChI=1S/C18H20N2O3/c1-2-6-16(21)19-15-11-9-14(10-12-15)17(18(22)20-23)13-7-4-3-5-8-13/h3-5,7-12,17,23H,2,6H2,1H3,(H,19,21)(H,20,22). The molecule has 0 aliphatic rings. The molecule has 0 saturated heterocycles. The van der Waals surface area contributed by atoms with Crippen molar-refractivity contribution in [3.63, 3.8) is 0 Å². The number of hydroxylamine groups is 1. The van der Waals surface area contributed by atoms with Gasteiger partial charge in [0.15, 0.2) is 0 Å². The number of anilines is 1. The van der Waals surface area contributed by atoms with E-state index in [1.165, 1.54) is 0 Å². The topological polar surface area (TPSA) is 78.4 Å². The lowest BCUT2D eigenvalue weighted by molar-refractivity contribution is -0.129. The van der Waals surface area contributed by atoms with Crippen molar-refractivity contribution in [1.82, 2.24) is 5.48 Å².